The van der Waals surface area contributed by atoms with Crippen molar-refractivity contribution >= 4 is 0 Å². The van der Waals surface area contributed by atoms with Crippen LogP contribution >= 0.6 is 0 Å². The van der Waals surface area contributed by atoms with Crippen molar-refractivity contribution in [3.8, 4) is 0 Å². The first-order valence-corrected chi connectivity index (χ1v) is 7.88. The van der Waals surface area contributed by atoms with Crippen molar-refractivity contribution in [2.24, 2.45) is 5.92 Å². The van der Waals surface area contributed by atoms with Crippen LogP contribution in [0.1, 0.15) is 32.3 Å². The number of nitrogens with one attached hydrogen (secondary N) is 1. The van der Waals surface area contributed by atoms with Crippen LogP contribution < -0.4 is 5.32 Å². The standard InChI is InChI=1S/C17H27FN2/c1-3-20-10-8-15(9-11-20)13-19-14(2)12-16-6-4-5-7-17(16)18/h4-7,14-15,19H,3,8-13H2,1-2H3. The van der Waals surface area contributed by atoms with Crippen LogP contribution in [0.5, 0.6) is 0 Å². The van der Waals surface area contributed by atoms with Gasteiger partial charge >= 0.3 is 0 Å². The highest BCUT2D eigenvalue weighted by atomic mass is 19.1. The zero-order chi connectivity index (χ0) is 14.4. The van der Waals surface area contributed by atoms with E-state index in [0.29, 0.717) is 6.04 Å². The van der Waals surface area contributed by atoms with Gasteiger partial charge in [0.25, 0.3) is 0 Å². The van der Waals surface area contributed by atoms with Gasteiger partial charge in [-0.3, -0.25) is 0 Å². The van der Waals surface area contributed by atoms with Crippen molar-refractivity contribution in [1.82, 2.24) is 10.2 Å². The van der Waals surface area contributed by atoms with E-state index in [4.69, 9.17) is 0 Å². The second-order valence-corrected chi connectivity index (χ2v) is 5.98. The molecule has 1 N–H and O–H groups in total. The highest BCUT2D eigenvalue weighted by molar-refractivity contribution is 5.18. The number of benzene rings is 1. The summed E-state index contributed by atoms with van der Waals surface area (Å²) >= 11 is 0. The summed E-state index contributed by atoms with van der Waals surface area (Å²) < 4.78 is 13.6. The maximum Gasteiger partial charge on any atom is 0.126 e. The Morgan fingerprint density at radius 1 is 1.30 bits per heavy atom. The number of halogens is 1. The highest BCUT2D eigenvalue weighted by Gasteiger charge is 2.18. The molecule has 1 aromatic rings. The molecule has 0 spiro atoms. The molecule has 0 aromatic heterocycles. The topological polar surface area (TPSA) is 15.3 Å². The van der Waals surface area contributed by atoms with Crippen LogP contribution in [-0.4, -0.2) is 37.1 Å². The molecule has 1 aliphatic heterocycles. The van der Waals surface area contributed by atoms with Gasteiger partial charge in [-0.1, -0.05) is 25.1 Å². The fourth-order valence-electron chi connectivity index (χ4n) is 2.94. The largest absolute Gasteiger partial charge is 0.314 e. The molecular weight excluding hydrogens is 251 g/mol. The molecule has 1 saturated heterocycles. The Morgan fingerprint density at radius 3 is 2.65 bits per heavy atom. The first-order chi connectivity index (χ1) is 9.69. The minimum absolute atomic E-state index is 0.0857. The van der Waals surface area contributed by atoms with E-state index in [1.807, 2.05) is 12.1 Å². The lowest BCUT2D eigenvalue weighted by molar-refractivity contribution is 0.188. The van der Waals surface area contributed by atoms with Crippen LogP contribution in [0.2, 0.25) is 0 Å². The molecule has 2 nitrogen and oxygen atoms in total. The summed E-state index contributed by atoms with van der Waals surface area (Å²) in [5.74, 6) is 0.693. The summed E-state index contributed by atoms with van der Waals surface area (Å²) in [6.45, 7) is 9.06. The molecular formula is C17H27FN2. The first kappa shape index (κ1) is 15.5. The third kappa shape index (κ3) is 4.57. The van der Waals surface area contributed by atoms with E-state index in [-0.39, 0.29) is 5.82 Å². The second kappa shape index (κ2) is 7.75. The molecule has 1 atom stereocenters. The van der Waals surface area contributed by atoms with Crippen molar-refractivity contribution in [1.29, 1.82) is 0 Å². The third-order valence-electron chi connectivity index (χ3n) is 4.39. The van der Waals surface area contributed by atoms with E-state index in [0.717, 1.165) is 24.4 Å². The summed E-state index contributed by atoms with van der Waals surface area (Å²) in [5, 5.41) is 3.58. The first-order valence-electron chi connectivity index (χ1n) is 7.88. The minimum Gasteiger partial charge on any atom is -0.314 e. The van der Waals surface area contributed by atoms with Gasteiger partial charge in [-0.2, -0.15) is 0 Å². The molecule has 0 amide bonds. The second-order valence-electron chi connectivity index (χ2n) is 5.98. The summed E-state index contributed by atoms with van der Waals surface area (Å²) in [5.41, 5.74) is 0.813. The van der Waals surface area contributed by atoms with Crippen molar-refractivity contribution in [2.75, 3.05) is 26.2 Å². The van der Waals surface area contributed by atoms with Crippen molar-refractivity contribution in [3.63, 3.8) is 0 Å². The number of nitrogens with zero attached hydrogens (tertiary/aromatic N) is 1. The van der Waals surface area contributed by atoms with Crippen LogP contribution in [0.4, 0.5) is 4.39 Å². The third-order valence-corrected chi connectivity index (χ3v) is 4.39. The molecule has 0 aliphatic carbocycles. The van der Waals surface area contributed by atoms with Crippen LogP contribution in [-0.2, 0) is 6.42 Å². The quantitative estimate of drug-likeness (QED) is 0.860. The smallest absolute Gasteiger partial charge is 0.126 e. The van der Waals surface area contributed by atoms with Crippen LogP contribution in [0.15, 0.2) is 24.3 Å². The van der Waals surface area contributed by atoms with E-state index in [1.165, 1.54) is 32.5 Å². The normalized spacial score (nSPS) is 19.1. The number of likely N-dealkylation sites (tertiary alicyclic amines) is 1. The zero-order valence-corrected chi connectivity index (χ0v) is 12.7. The van der Waals surface area contributed by atoms with Gasteiger partial charge in [0.05, 0.1) is 0 Å². The lowest BCUT2D eigenvalue weighted by Gasteiger charge is -2.31. The Bertz CT molecular complexity index is 400. The Balaban J connectivity index is 1.70. The Kier molecular flexibility index (Phi) is 5.99. The lowest BCUT2D eigenvalue weighted by Crippen LogP contribution is -2.39. The van der Waals surface area contributed by atoms with Crippen molar-refractivity contribution in [3.05, 3.63) is 35.6 Å². The Morgan fingerprint density at radius 2 is 2.00 bits per heavy atom. The summed E-state index contributed by atoms with van der Waals surface area (Å²) in [6.07, 6.45) is 3.33. The lowest BCUT2D eigenvalue weighted by atomic mass is 9.96. The average Bonchev–Trinajstić information content (AvgIpc) is 2.48. The average molecular weight is 278 g/mol. The minimum atomic E-state index is -0.0857. The van der Waals surface area contributed by atoms with Crippen molar-refractivity contribution < 1.29 is 4.39 Å². The van der Waals surface area contributed by atoms with Crippen molar-refractivity contribution in [2.45, 2.75) is 39.2 Å². The maximum atomic E-state index is 13.6. The van der Waals surface area contributed by atoms with E-state index < -0.39 is 0 Å². The van der Waals surface area contributed by atoms with E-state index in [9.17, 15) is 4.39 Å². The van der Waals surface area contributed by atoms with Gasteiger partial charge in [0.15, 0.2) is 0 Å². The molecule has 3 heteroatoms. The molecule has 1 aliphatic rings. The number of hydrogen-bond acceptors (Lipinski definition) is 2. The summed E-state index contributed by atoms with van der Waals surface area (Å²) in [6, 6.07) is 7.41. The molecule has 0 saturated carbocycles. The number of rotatable bonds is 6. The summed E-state index contributed by atoms with van der Waals surface area (Å²) in [4.78, 5) is 2.51. The van der Waals surface area contributed by atoms with Gasteiger partial charge < -0.3 is 10.2 Å². The fraction of sp³-hybridized carbons (Fsp3) is 0.647. The molecule has 0 bridgehead atoms. The van der Waals surface area contributed by atoms with Crippen LogP contribution in [0.3, 0.4) is 0 Å². The molecule has 1 heterocycles. The van der Waals surface area contributed by atoms with Gasteiger partial charge in [-0.15, -0.1) is 0 Å². The molecule has 1 unspecified atom stereocenters. The molecule has 112 valence electrons. The number of hydrogen-bond donors (Lipinski definition) is 1. The molecule has 1 aromatic carbocycles. The van der Waals surface area contributed by atoms with E-state index in [1.54, 1.807) is 12.1 Å². The molecule has 20 heavy (non-hydrogen) atoms. The van der Waals surface area contributed by atoms with Gasteiger partial charge in [0, 0.05) is 6.04 Å². The van der Waals surface area contributed by atoms with Gasteiger partial charge in [0.1, 0.15) is 5.82 Å². The predicted molar refractivity (Wildman–Crippen MR) is 82.4 cm³/mol. The monoisotopic (exact) mass is 278 g/mol. The SMILES string of the molecule is CCN1CCC(CNC(C)Cc2ccccc2F)CC1. The van der Waals surface area contributed by atoms with Crippen LogP contribution in [0.25, 0.3) is 0 Å². The molecule has 1 fully saturated rings. The highest BCUT2D eigenvalue weighted by Crippen LogP contribution is 2.16. The predicted octanol–water partition coefficient (Wildman–Crippen LogP) is 3.08. The van der Waals surface area contributed by atoms with E-state index in [2.05, 4.69) is 24.1 Å². The van der Waals surface area contributed by atoms with E-state index >= 15 is 0 Å². The number of piperidine rings is 1. The Hall–Kier alpha value is -0.930. The maximum absolute atomic E-state index is 13.6. The fourth-order valence-corrected chi connectivity index (χ4v) is 2.94. The zero-order valence-electron chi connectivity index (χ0n) is 12.7. The van der Waals surface area contributed by atoms with Gasteiger partial charge in [0.2, 0.25) is 0 Å². The van der Waals surface area contributed by atoms with Gasteiger partial charge in [-0.05, 0) is 69.9 Å². The molecule has 2 rings (SSSR count). The van der Waals surface area contributed by atoms with Crippen LogP contribution in [0, 0.1) is 11.7 Å². The van der Waals surface area contributed by atoms with Gasteiger partial charge in [-0.25, -0.2) is 4.39 Å². The Labute approximate surface area is 122 Å². The summed E-state index contributed by atoms with van der Waals surface area (Å²) in [7, 11) is 0. The molecule has 0 radical (unpaired) electrons.